The molecule has 2 unspecified atom stereocenters. The van der Waals surface area contributed by atoms with E-state index in [1.165, 1.54) is 12.8 Å². The molecule has 2 atom stereocenters. The third-order valence-corrected chi connectivity index (χ3v) is 3.72. The summed E-state index contributed by atoms with van der Waals surface area (Å²) in [6, 6.07) is 2.26. The molecule has 1 aliphatic carbocycles. The lowest BCUT2D eigenvalue weighted by atomic mass is 9.76. The van der Waals surface area contributed by atoms with Crippen molar-refractivity contribution in [2.75, 3.05) is 0 Å². The molecule has 1 fully saturated rings. The van der Waals surface area contributed by atoms with Gasteiger partial charge in [-0.25, -0.2) is 0 Å². The zero-order valence-electron chi connectivity index (χ0n) is 9.95. The second-order valence-electron chi connectivity index (χ2n) is 5.03. The van der Waals surface area contributed by atoms with Gasteiger partial charge in [0.2, 0.25) is 0 Å². The van der Waals surface area contributed by atoms with Crippen molar-refractivity contribution in [2.45, 2.75) is 58.5 Å². The van der Waals surface area contributed by atoms with Crippen molar-refractivity contribution < 1.29 is 5.11 Å². The van der Waals surface area contributed by atoms with Crippen LogP contribution in [-0.4, -0.2) is 11.2 Å². The summed E-state index contributed by atoms with van der Waals surface area (Å²) in [4.78, 5) is 0. The highest BCUT2D eigenvalue weighted by molar-refractivity contribution is 4.92. The van der Waals surface area contributed by atoms with E-state index in [0.717, 1.165) is 31.6 Å². The van der Waals surface area contributed by atoms with Crippen LogP contribution in [0.1, 0.15) is 52.4 Å². The lowest BCUT2D eigenvalue weighted by molar-refractivity contribution is 0.0424. The Labute approximate surface area is 93.3 Å². The van der Waals surface area contributed by atoms with Crippen molar-refractivity contribution >= 4 is 0 Å². The van der Waals surface area contributed by atoms with Gasteiger partial charge in [-0.2, -0.15) is 5.26 Å². The molecule has 0 amide bonds. The topological polar surface area (TPSA) is 44.0 Å². The largest absolute Gasteiger partial charge is 0.391 e. The molecule has 1 aliphatic rings. The molecule has 1 rings (SSSR count). The third kappa shape index (κ3) is 3.50. The van der Waals surface area contributed by atoms with Crippen molar-refractivity contribution in [3.8, 4) is 6.07 Å². The Balaban J connectivity index is 2.44. The Morgan fingerprint density at radius 2 is 1.93 bits per heavy atom. The molecule has 0 aromatic rings. The number of hydrogen-bond donors (Lipinski definition) is 1. The molecule has 0 aliphatic heterocycles. The number of rotatable bonds is 4. The molecule has 86 valence electrons. The zero-order chi connectivity index (χ0) is 11.3. The van der Waals surface area contributed by atoms with Crippen LogP contribution in [0.5, 0.6) is 0 Å². The second-order valence-corrected chi connectivity index (χ2v) is 5.03. The van der Waals surface area contributed by atoms with E-state index in [1.807, 2.05) is 0 Å². The van der Waals surface area contributed by atoms with E-state index in [0.29, 0.717) is 5.92 Å². The molecule has 2 heteroatoms. The van der Waals surface area contributed by atoms with Crippen molar-refractivity contribution in [1.82, 2.24) is 0 Å². The van der Waals surface area contributed by atoms with Gasteiger partial charge >= 0.3 is 0 Å². The maximum absolute atomic E-state index is 10.1. The predicted octanol–water partition coefficient (Wildman–Crippen LogP) is 3.11. The lowest BCUT2D eigenvalue weighted by Crippen LogP contribution is -2.31. The molecular formula is C13H23NO. The first kappa shape index (κ1) is 12.5. The highest BCUT2D eigenvalue weighted by atomic mass is 16.3. The van der Waals surface area contributed by atoms with E-state index in [4.69, 9.17) is 5.26 Å². The summed E-state index contributed by atoms with van der Waals surface area (Å²) in [7, 11) is 0. The monoisotopic (exact) mass is 209 g/mol. The van der Waals surface area contributed by atoms with Gasteiger partial charge in [-0.15, -0.1) is 0 Å². The fourth-order valence-electron chi connectivity index (χ4n) is 2.58. The maximum atomic E-state index is 10.1. The molecule has 0 radical (unpaired) electrons. The van der Waals surface area contributed by atoms with Gasteiger partial charge in [-0.3, -0.25) is 0 Å². The molecule has 15 heavy (non-hydrogen) atoms. The highest BCUT2D eigenvalue weighted by Crippen LogP contribution is 2.33. The van der Waals surface area contributed by atoms with Crippen LogP contribution in [0.2, 0.25) is 0 Å². The smallest absolute Gasteiger partial charge is 0.0726 e. The van der Waals surface area contributed by atoms with Gasteiger partial charge in [0.25, 0.3) is 0 Å². The molecule has 0 bridgehead atoms. The normalized spacial score (nSPS) is 30.5. The van der Waals surface area contributed by atoms with Crippen LogP contribution < -0.4 is 0 Å². The van der Waals surface area contributed by atoms with E-state index in [1.54, 1.807) is 0 Å². The Kier molecular flexibility index (Phi) is 5.11. The van der Waals surface area contributed by atoms with E-state index < -0.39 is 0 Å². The quantitative estimate of drug-likeness (QED) is 0.773. The average Bonchev–Trinajstić information content (AvgIpc) is 2.26. The van der Waals surface area contributed by atoms with Crippen LogP contribution in [-0.2, 0) is 0 Å². The minimum absolute atomic E-state index is 0.145. The summed E-state index contributed by atoms with van der Waals surface area (Å²) in [5.74, 6) is 1.03. The van der Waals surface area contributed by atoms with Crippen LogP contribution in [0.4, 0.5) is 0 Å². The molecule has 0 aromatic heterocycles. The Hall–Kier alpha value is -0.550. The summed E-state index contributed by atoms with van der Waals surface area (Å²) in [5, 5.41) is 19.1. The highest BCUT2D eigenvalue weighted by Gasteiger charge is 2.29. The lowest BCUT2D eigenvalue weighted by Gasteiger charge is -2.31. The molecule has 0 saturated heterocycles. The summed E-state index contributed by atoms with van der Waals surface area (Å²) in [6.45, 7) is 4.34. The Bertz CT molecular complexity index is 213. The van der Waals surface area contributed by atoms with E-state index in [9.17, 15) is 5.11 Å². The minimum Gasteiger partial charge on any atom is -0.391 e. The van der Waals surface area contributed by atoms with Gasteiger partial charge in [-0.05, 0) is 31.1 Å². The molecule has 2 nitrogen and oxygen atoms in total. The van der Waals surface area contributed by atoms with Gasteiger partial charge in [0.1, 0.15) is 0 Å². The fourth-order valence-corrected chi connectivity index (χ4v) is 2.58. The van der Waals surface area contributed by atoms with Crippen molar-refractivity contribution in [2.24, 2.45) is 17.8 Å². The molecule has 0 heterocycles. The third-order valence-electron chi connectivity index (χ3n) is 3.72. The minimum atomic E-state index is -0.387. The second kappa shape index (κ2) is 6.12. The van der Waals surface area contributed by atoms with Gasteiger partial charge in [0.15, 0.2) is 0 Å². The number of aliphatic hydroxyl groups excluding tert-OH is 1. The Morgan fingerprint density at radius 1 is 1.33 bits per heavy atom. The first-order chi connectivity index (χ1) is 7.19. The number of aliphatic hydroxyl groups is 1. The first-order valence-corrected chi connectivity index (χ1v) is 6.26. The molecule has 0 spiro atoms. The van der Waals surface area contributed by atoms with Crippen molar-refractivity contribution in [3.63, 3.8) is 0 Å². The van der Waals surface area contributed by atoms with Crippen LogP contribution in [0.3, 0.4) is 0 Å². The molecule has 1 saturated carbocycles. The fraction of sp³-hybridized carbons (Fsp3) is 0.923. The van der Waals surface area contributed by atoms with Crippen LogP contribution in [0, 0.1) is 29.1 Å². The van der Waals surface area contributed by atoms with Crippen LogP contribution in [0.25, 0.3) is 0 Å². The maximum Gasteiger partial charge on any atom is 0.0726 e. The molecular weight excluding hydrogens is 186 g/mol. The predicted molar refractivity (Wildman–Crippen MR) is 61.1 cm³/mol. The SMILES string of the molecule is CCCC(C#N)C(O)C1CCC(C)CC1. The van der Waals surface area contributed by atoms with Gasteiger partial charge in [0.05, 0.1) is 18.1 Å². The molecule has 1 N–H and O–H groups in total. The summed E-state index contributed by atoms with van der Waals surface area (Å²) >= 11 is 0. The van der Waals surface area contributed by atoms with Crippen LogP contribution >= 0.6 is 0 Å². The zero-order valence-corrected chi connectivity index (χ0v) is 9.95. The van der Waals surface area contributed by atoms with Gasteiger partial charge in [0, 0.05) is 0 Å². The number of nitrogens with zero attached hydrogens (tertiary/aromatic N) is 1. The first-order valence-electron chi connectivity index (χ1n) is 6.26. The molecule has 0 aromatic carbocycles. The van der Waals surface area contributed by atoms with E-state index in [2.05, 4.69) is 19.9 Å². The average molecular weight is 209 g/mol. The van der Waals surface area contributed by atoms with Crippen LogP contribution in [0.15, 0.2) is 0 Å². The summed E-state index contributed by atoms with van der Waals surface area (Å²) in [5.41, 5.74) is 0. The Morgan fingerprint density at radius 3 is 2.40 bits per heavy atom. The van der Waals surface area contributed by atoms with Crippen molar-refractivity contribution in [3.05, 3.63) is 0 Å². The number of hydrogen-bond acceptors (Lipinski definition) is 2. The van der Waals surface area contributed by atoms with E-state index in [-0.39, 0.29) is 12.0 Å². The van der Waals surface area contributed by atoms with Gasteiger partial charge < -0.3 is 5.11 Å². The van der Waals surface area contributed by atoms with Crippen molar-refractivity contribution in [1.29, 1.82) is 5.26 Å². The number of nitriles is 1. The van der Waals surface area contributed by atoms with Gasteiger partial charge in [-0.1, -0.05) is 33.1 Å². The summed E-state index contributed by atoms with van der Waals surface area (Å²) < 4.78 is 0. The standard InChI is InChI=1S/C13H23NO/c1-3-4-12(9-14)13(15)11-7-5-10(2)6-8-11/h10-13,15H,3-8H2,1-2H3. The summed E-state index contributed by atoms with van der Waals surface area (Å²) in [6.07, 6.45) is 6.07. The van der Waals surface area contributed by atoms with E-state index >= 15 is 0 Å².